The lowest BCUT2D eigenvalue weighted by Crippen LogP contribution is -2.14. The molecule has 0 fully saturated rings. The van der Waals surface area contributed by atoms with Crippen LogP contribution < -0.4 is 5.32 Å². The first-order valence-corrected chi connectivity index (χ1v) is 4.60. The van der Waals surface area contributed by atoms with Gasteiger partial charge in [0, 0.05) is 6.54 Å². The first-order valence-electron chi connectivity index (χ1n) is 3.62. The zero-order valence-electron chi connectivity index (χ0n) is 6.36. The second kappa shape index (κ2) is 3.57. The Balaban J connectivity index is 1.82. The normalized spacial score (nSPS) is 15.8. The second-order valence-electron chi connectivity index (χ2n) is 2.24. The molecule has 0 radical (unpaired) electrons. The monoisotopic (exact) mass is 184 g/mol. The van der Waals surface area contributed by atoms with Crippen LogP contribution in [0.5, 0.6) is 0 Å². The van der Waals surface area contributed by atoms with Crippen LogP contribution in [0.3, 0.4) is 0 Å². The zero-order valence-corrected chi connectivity index (χ0v) is 7.17. The van der Waals surface area contributed by atoms with E-state index in [-0.39, 0.29) is 0 Å². The number of hydrogen-bond acceptors (Lipinski definition) is 6. The SMILES string of the molecule is c1noc(CSC2=NCCN2)n1. The van der Waals surface area contributed by atoms with E-state index >= 15 is 0 Å². The van der Waals surface area contributed by atoms with Crippen molar-refractivity contribution in [3.63, 3.8) is 0 Å². The van der Waals surface area contributed by atoms with E-state index in [0.29, 0.717) is 11.6 Å². The number of thioether (sulfide) groups is 1. The Morgan fingerprint density at radius 3 is 3.33 bits per heavy atom. The molecule has 0 saturated carbocycles. The van der Waals surface area contributed by atoms with Gasteiger partial charge in [-0.25, -0.2) is 0 Å². The maximum atomic E-state index is 4.83. The van der Waals surface area contributed by atoms with Gasteiger partial charge in [-0.05, 0) is 0 Å². The Hall–Kier alpha value is -1.04. The van der Waals surface area contributed by atoms with Crippen molar-refractivity contribution in [2.45, 2.75) is 5.75 Å². The molecule has 5 nitrogen and oxygen atoms in total. The highest BCUT2D eigenvalue weighted by atomic mass is 32.2. The molecule has 2 rings (SSSR count). The summed E-state index contributed by atoms with van der Waals surface area (Å²) in [6.07, 6.45) is 1.40. The Morgan fingerprint density at radius 1 is 1.67 bits per heavy atom. The van der Waals surface area contributed by atoms with E-state index in [2.05, 4.69) is 20.4 Å². The molecular formula is C6H8N4OS. The van der Waals surface area contributed by atoms with Crippen LogP contribution in [-0.4, -0.2) is 28.4 Å². The fourth-order valence-corrected chi connectivity index (χ4v) is 1.64. The molecule has 1 aromatic heterocycles. The fourth-order valence-electron chi connectivity index (χ4n) is 0.863. The van der Waals surface area contributed by atoms with E-state index in [0.717, 1.165) is 18.3 Å². The van der Waals surface area contributed by atoms with Crippen LogP contribution in [-0.2, 0) is 5.75 Å². The molecule has 1 aromatic rings. The van der Waals surface area contributed by atoms with E-state index in [1.807, 2.05) is 0 Å². The van der Waals surface area contributed by atoms with Gasteiger partial charge in [-0.15, -0.1) is 0 Å². The van der Waals surface area contributed by atoms with Gasteiger partial charge in [0.1, 0.15) is 0 Å². The van der Waals surface area contributed by atoms with E-state index in [1.54, 1.807) is 11.8 Å². The van der Waals surface area contributed by atoms with Gasteiger partial charge in [0.05, 0.1) is 12.3 Å². The first-order chi connectivity index (χ1) is 5.95. The summed E-state index contributed by atoms with van der Waals surface area (Å²) in [5, 5.41) is 7.62. The predicted molar refractivity (Wildman–Crippen MR) is 45.9 cm³/mol. The fraction of sp³-hybridized carbons (Fsp3) is 0.500. The zero-order chi connectivity index (χ0) is 8.23. The lowest BCUT2D eigenvalue weighted by Gasteiger charge is -1.96. The molecule has 0 aliphatic carbocycles. The first kappa shape index (κ1) is 7.60. The maximum absolute atomic E-state index is 4.83. The predicted octanol–water partition coefficient (Wildman–Crippen LogP) is 0.262. The summed E-state index contributed by atoms with van der Waals surface area (Å²) >= 11 is 1.58. The number of aliphatic imine (C=N–C) groups is 1. The van der Waals surface area contributed by atoms with E-state index in [4.69, 9.17) is 4.52 Å². The summed E-state index contributed by atoms with van der Waals surface area (Å²) in [7, 11) is 0. The van der Waals surface area contributed by atoms with Gasteiger partial charge < -0.3 is 9.84 Å². The van der Waals surface area contributed by atoms with Crippen LogP contribution in [0.4, 0.5) is 0 Å². The Bertz CT molecular complexity index is 271. The van der Waals surface area contributed by atoms with Crippen molar-refractivity contribution in [2.75, 3.05) is 13.1 Å². The molecular weight excluding hydrogens is 176 g/mol. The lowest BCUT2D eigenvalue weighted by molar-refractivity contribution is 0.390. The standard InChI is InChI=1S/C6H8N4OS/c1-2-8-6(7-1)12-3-5-9-4-10-11-5/h4H,1-3H2,(H,7,8). The minimum atomic E-state index is 0.636. The van der Waals surface area contributed by atoms with E-state index in [9.17, 15) is 0 Å². The number of nitrogens with zero attached hydrogens (tertiary/aromatic N) is 3. The molecule has 12 heavy (non-hydrogen) atoms. The molecule has 0 aromatic carbocycles. The van der Waals surface area contributed by atoms with E-state index < -0.39 is 0 Å². The third kappa shape index (κ3) is 1.76. The van der Waals surface area contributed by atoms with Crippen LogP contribution in [0, 0.1) is 0 Å². The summed E-state index contributed by atoms with van der Waals surface area (Å²) in [5.74, 6) is 1.32. The number of hydrogen-bond donors (Lipinski definition) is 1. The van der Waals surface area contributed by atoms with Crippen molar-refractivity contribution in [3.8, 4) is 0 Å². The number of nitrogens with one attached hydrogen (secondary N) is 1. The molecule has 0 saturated heterocycles. The van der Waals surface area contributed by atoms with E-state index in [1.165, 1.54) is 6.33 Å². The van der Waals surface area contributed by atoms with Crippen LogP contribution in [0.15, 0.2) is 15.8 Å². The topological polar surface area (TPSA) is 63.3 Å². The highest BCUT2D eigenvalue weighted by Gasteiger charge is 2.07. The van der Waals surface area contributed by atoms with Gasteiger partial charge in [0.25, 0.3) is 0 Å². The average Bonchev–Trinajstić information content (AvgIpc) is 2.74. The van der Waals surface area contributed by atoms with Crippen LogP contribution in [0.2, 0.25) is 0 Å². The summed E-state index contributed by atoms with van der Waals surface area (Å²) in [5.41, 5.74) is 0. The number of amidine groups is 1. The highest BCUT2D eigenvalue weighted by molar-refractivity contribution is 8.13. The largest absolute Gasteiger partial charge is 0.363 e. The van der Waals surface area contributed by atoms with Crippen molar-refractivity contribution < 1.29 is 4.52 Å². The molecule has 0 unspecified atom stereocenters. The van der Waals surface area contributed by atoms with Crippen LogP contribution in [0.1, 0.15) is 5.89 Å². The summed E-state index contributed by atoms with van der Waals surface area (Å²) in [6, 6.07) is 0. The minimum absolute atomic E-state index is 0.636. The third-order valence-electron chi connectivity index (χ3n) is 1.38. The van der Waals surface area contributed by atoms with Gasteiger partial charge in [-0.1, -0.05) is 16.9 Å². The summed E-state index contributed by atoms with van der Waals surface area (Å²) in [6.45, 7) is 1.80. The molecule has 1 N–H and O–H groups in total. The molecule has 0 bridgehead atoms. The van der Waals surface area contributed by atoms with Crippen molar-refractivity contribution in [1.29, 1.82) is 0 Å². The summed E-state index contributed by atoms with van der Waals surface area (Å²) < 4.78 is 4.83. The van der Waals surface area contributed by atoms with Crippen LogP contribution in [0.25, 0.3) is 0 Å². The quantitative estimate of drug-likeness (QED) is 0.714. The molecule has 0 spiro atoms. The molecule has 6 heteroatoms. The van der Waals surface area contributed by atoms with Gasteiger partial charge in [-0.2, -0.15) is 4.98 Å². The Kier molecular flexibility index (Phi) is 2.26. The van der Waals surface area contributed by atoms with Gasteiger partial charge in [-0.3, -0.25) is 4.99 Å². The van der Waals surface area contributed by atoms with Crippen molar-refractivity contribution >= 4 is 16.9 Å². The lowest BCUT2D eigenvalue weighted by atomic mass is 10.7. The highest BCUT2D eigenvalue weighted by Crippen LogP contribution is 2.11. The minimum Gasteiger partial charge on any atom is -0.363 e. The molecule has 2 heterocycles. The van der Waals surface area contributed by atoms with Crippen LogP contribution >= 0.6 is 11.8 Å². The summed E-state index contributed by atoms with van der Waals surface area (Å²) in [4.78, 5) is 8.11. The van der Waals surface area contributed by atoms with Gasteiger partial charge >= 0.3 is 0 Å². The molecule has 1 aliphatic heterocycles. The number of rotatable bonds is 2. The maximum Gasteiger partial charge on any atom is 0.236 e. The molecule has 0 atom stereocenters. The van der Waals surface area contributed by atoms with Crippen molar-refractivity contribution in [1.82, 2.24) is 15.5 Å². The molecule has 64 valence electrons. The Labute approximate surface area is 73.6 Å². The Morgan fingerprint density at radius 2 is 2.67 bits per heavy atom. The molecule has 0 amide bonds. The third-order valence-corrected chi connectivity index (χ3v) is 2.32. The smallest absolute Gasteiger partial charge is 0.236 e. The van der Waals surface area contributed by atoms with Crippen molar-refractivity contribution in [2.24, 2.45) is 4.99 Å². The molecule has 1 aliphatic rings. The average molecular weight is 184 g/mol. The van der Waals surface area contributed by atoms with Gasteiger partial charge in [0.15, 0.2) is 11.5 Å². The second-order valence-corrected chi connectivity index (χ2v) is 3.20. The number of aromatic nitrogens is 2. The van der Waals surface area contributed by atoms with Crippen molar-refractivity contribution in [3.05, 3.63) is 12.2 Å². The van der Waals surface area contributed by atoms with Gasteiger partial charge in [0.2, 0.25) is 5.89 Å².